The molecule has 0 saturated heterocycles. The van der Waals surface area contributed by atoms with Crippen LogP contribution in [0.5, 0.6) is 0 Å². The van der Waals surface area contributed by atoms with Crippen molar-refractivity contribution >= 4 is 12.3 Å². The molecule has 0 aliphatic rings. The molecule has 2 unspecified atom stereocenters. The summed E-state index contributed by atoms with van der Waals surface area (Å²) >= 11 is 0. The van der Waals surface area contributed by atoms with E-state index < -0.39 is 5.97 Å². The molecule has 0 radical (unpaired) electrons. The first-order chi connectivity index (χ1) is 9.11. The largest absolute Gasteiger partial charge is 0.481 e. The third kappa shape index (κ3) is 10.5. The topological polar surface area (TPSA) is 54.4 Å². The maximum atomic E-state index is 11.2. The third-order valence-corrected chi connectivity index (χ3v) is 3.47. The smallest absolute Gasteiger partial charge is 0.306 e. The molecule has 0 bridgehead atoms. The second kappa shape index (κ2) is 11.9. The van der Waals surface area contributed by atoms with Crippen molar-refractivity contribution in [2.24, 2.45) is 11.8 Å². The molecule has 2 atom stereocenters. The van der Waals surface area contributed by atoms with Gasteiger partial charge in [-0.1, -0.05) is 45.6 Å². The number of unbranched alkanes of at least 4 members (excludes halogenated alkanes) is 3. The number of allylic oxidation sites excluding steroid dienone is 2. The van der Waals surface area contributed by atoms with Gasteiger partial charge in [0.15, 0.2) is 0 Å². The molecular weight excluding hydrogens is 240 g/mol. The van der Waals surface area contributed by atoms with Crippen LogP contribution in [0.25, 0.3) is 0 Å². The summed E-state index contributed by atoms with van der Waals surface area (Å²) in [5, 5.41) is 9.21. The van der Waals surface area contributed by atoms with Crippen LogP contribution < -0.4 is 0 Å². The Morgan fingerprint density at radius 3 is 2.53 bits per heavy atom. The zero-order chi connectivity index (χ0) is 14.5. The van der Waals surface area contributed by atoms with Gasteiger partial charge >= 0.3 is 5.97 Å². The molecule has 3 heteroatoms. The molecule has 0 fully saturated rings. The molecule has 0 rings (SSSR count). The molecule has 0 aliphatic carbocycles. The van der Waals surface area contributed by atoms with Gasteiger partial charge in [0.25, 0.3) is 0 Å². The fraction of sp³-hybridized carbons (Fsp3) is 0.750. The number of hydrogen-bond acceptors (Lipinski definition) is 2. The summed E-state index contributed by atoms with van der Waals surface area (Å²) in [4.78, 5) is 21.3. The number of aldehydes is 1. The minimum atomic E-state index is -0.649. The first-order valence-electron chi connectivity index (χ1n) is 7.44. The Labute approximate surface area is 117 Å². The molecule has 0 aromatic heterocycles. The van der Waals surface area contributed by atoms with Gasteiger partial charge in [-0.2, -0.15) is 0 Å². The van der Waals surface area contributed by atoms with E-state index >= 15 is 0 Å². The quantitative estimate of drug-likeness (QED) is 0.327. The highest BCUT2D eigenvalue weighted by Crippen LogP contribution is 2.22. The second-order valence-electron chi connectivity index (χ2n) is 5.37. The van der Waals surface area contributed by atoms with Crippen LogP contribution in [0, 0.1) is 11.8 Å². The summed E-state index contributed by atoms with van der Waals surface area (Å²) < 4.78 is 0. The molecule has 1 N–H and O–H groups in total. The van der Waals surface area contributed by atoms with Crippen LogP contribution in [0.1, 0.15) is 65.2 Å². The van der Waals surface area contributed by atoms with Crippen molar-refractivity contribution in [2.45, 2.75) is 65.2 Å². The summed E-state index contributed by atoms with van der Waals surface area (Å²) in [5.41, 5.74) is 0. The summed E-state index contributed by atoms with van der Waals surface area (Å²) in [6.07, 6.45) is 12.0. The second-order valence-corrected chi connectivity index (χ2v) is 5.37. The van der Waals surface area contributed by atoms with Crippen molar-refractivity contribution in [3.8, 4) is 0 Å². The van der Waals surface area contributed by atoms with Gasteiger partial charge in [-0.3, -0.25) is 9.59 Å². The zero-order valence-corrected chi connectivity index (χ0v) is 12.3. The molecule has 110 valence electrons. The minimum Gasteiger partial charge on any atom is -0.481 e. The number of carboxylic acids is 1. The fourth-order valence-electron chi connectivity index (χ4n) is 2.32. The number of carboxylic acid groups (broad SMARTS) is 1. The Kier molecular flexibility index (Phi) is 11.2. The summed E-state index contributed by atoms with van der Waals surface area (Å²) in [7, 11) is 0. The Balaban J connectivity index is 3.88. The lowest BCUT2D eigenvalue weighted by Gasteiger charge is -2.17. The van der Waals surface area contributed by atoms with Crippen molar-refractivity contribution in [3.63, 3.8) is 0 Å². The molecule has 0 amide bonds. The number of aliphatic carboxylic acids is 1. The van der Waals surface area contributed by atoms with E-state index in [9.17, 15) is 14.7 Å². The van der Waals surface area contributed by atoms with Crippen molar-refractivity contribution in [2.75, 3.05) is 0 Å². The molecule has 0 aromatic rings. The van der Waals surface area contributed by atoms with E-state index in [1.165, 1.54) is 6.08 Å². The van der Waals surface area contributed by atoms with Gasteiger partial charge in [0.2, 0.25) is 0 Å². The zero-order valence-electron chi connectivity index (χ0n) is 12.3. The molecule has 0 aliphatic heterocycles. The normalized spacial score (nSPS) is 14.4. The van der Waals surface area contributed by atoms with Gasteiger partial charge in [0.05, 0.1) is 5.92 Å². The van der Waals surface area contributed by atoms with Crippen LogP contribution in [-0.2, 0) is 9.59 Å². The van der Waals surface area contributed by atoms with Gasteiger partial charge in [-0.15, -0.1) is 0 Å². The van der Waals surface area contributed by atoms with Crippen LogP contribution in [-0.4, -0.2) is 17.4 Å². The lowest BCUT2D eigenvalue weighted by Crippen LogP contribution is -2.17. The Bertz CT molecular complexity index is 271. The van der Waals surface area contributed by atoms with Gasteiger partial charge in [0, 0.05) is 0 Å². The average molecular weight is 268 g/mol. The van der Waals surface area contributed by atoms with E-state index in [2.05, 4.69) is 13.8 Å². The van der Waals surface area contributed by atoms with Gasteiger partial charge in [-0.25, -0.2) is 0 Å². The fourth-order valence-corrected chi connectivity index (χ4v) is 2.32. The molecule has 0 saturated carbocycles. The standard InChI is InChI=1S/C16H28O3/c1-3-4-7-11-15(16(18)19)13-14(2)10-8-5-6-9-12-17/h6,9,12,14-15H,3-5,7-8,10-11,13H2,1-2H3,(H,18,19). The summed E-state index contributed by atoms with van der Waals surface area (Å²) in [6.45, 7) is 4.25. The highest BCUT2D eigenvalue weighted by molar-refractivity contribution is 5.69. The monoisotopic (exact) mass is 268 g/mol. The predicted molar refractivity (Wildman–Crippen MR) is 78.1 cm³/mol. The number of rotatable bonds is 12. The Morgan fingerprint density at radius 1 is 1.21 bits per heavy atom. The Morgan fingerprint density at radius 2 is 1.95 bits per heavy atom. The van der Waals surface area contributed by atoms with E-state index in [-0.39, 0.29) is 5.92 Å². The van der Waals surface area contributed by atoms with E-state index in [1.54, 1.807) is 0 Å². The highest BCUT2D eigenvalue weighted by atomic mass is 16.4. The summed E-state index contributed by atoms with van der Waals surface area (Å²) in [5.74, 6) is -0.400. The van der Waals surface area contributed by atoms with Crippen molar-refractivity contribution in [3.05, 3.63) is 12.2 Å². The van der Waals surface area contributed by atoms with Crippen molar-refractivity contribution in [1.82, 2.24) is 0 Å². The first kappa shape index (κ1) is 17.9. The predicted octanol–water partition coefficient (Wildman–Crippen LogP) is 4.22. The Hall–Kier alpha value is -1.12. The van der Waals surface area contributed by atoms with Crippen LogP contribution in [0.15, 0.2) is 12.2 Å². The molecular formula is C16H28O3. The number of hydrogen-bond donors (Lipinski definition) is 1. The molecule has 19 heavy (non-hydrogen) atoms. The van der Waals surface area contributed by atoms with Crippen molar-refractivity contribution < 1.29 is 14.7 Å². The summed E-state index contributed by atoms with van der Waals surface area (Å²) in [6, 6.07) is 0. The highest BCUT2D eigenvalue weighted by Gasteiger charge is 2.19. The maximum absolute atomic E-state index is 11.2. The SMILES string of the molecule is CCCCCC(CC(C)CCCC=CC=O)C(=O)O. The van der Waals surface area contributed by atoms with Crippen LogP contribution in [0.2, 0.25) is 0 Å². The molecule has 0 spiro atoms. The third-order valence-electron chi connectivity index (χ3n) is 3.47. The van der Waals surface area contributed by atoms with Gasteiger partial charge < -0.3 is 5.11 Å². The van der Waals surface area contributed by atoms with E-state index in [1.807, 2.05) is 6.08 Å². The van der Waals surface area contributed by atoms with Gasteiger partial charge in [-0.05, 0) is 37.7 Å². The van der Waals surface area contributed by atoms with Crippen molar-refractivity contribution in [1.29, 1.82) is 0 Å². The molecule has 3 nitrogen and oxygen atoms in total. The molecule has 0 heterocycles. The van der Waals surface area contributed by atoms with E-state index in [0.29, 0.717) is 5.92 Å². The lowest BCUT2D eigenvalue weighted by atomic mass is 9.88. The van der Waals surface area contributed by atoms with Gasteiger partial charge in [0.1, 0.15) is 6.29 Å². The van der Waals surface area contributed by atoms with Crippen LogP contribution >= 0.6 is 0 Å². The van der Waals surface area contributed by atoms with E-state index in [4.69, 9.17) is 0 Å². The minimum absolute atomic E-state index is 0.188. The van der Waals surface area contributed by atoms with Crippen LogP contribution in [0.3, 0.4) is 0 Å². The number of carbonyl (C=O) groups is 2. The molecule has 0 aromatic carbocycles. The maximum Gasteiger partial charge on any atom is 0.306 e. The number of carbonyl (C=O) groups excluding carboxylic acids is 1. The first-order valence-corrected chi connectivity index (χ1v) is 7.44. The average Bonchev–Trinajstić information content (AvgIpc) is 2.37. The lowest BCUT2D eigenvalue weighted by molar-refractivity contribution is -0.142. The van der Waals surface area contributed by atoms with E-state index in [0.717, 1.165) is 57.7 Å². The van der Waals surface area contributed by atoms with Crippen LogP contribution in [0.4, 0.5) is 0 Å².